The molecule has 6 nitrogen and oxygen atoms in total. The average molecular weight is 604 g/mol. The number of aromatic nitrogens is 4. The number of allylic oxidation sites excluding steroid dienone is 4. The summed E-state index contributed by atoms with van der Waals surface area (Å²) in [5.41, 5.74) is 3.16. The second-order valence-electron chi connectivity index (χ2n) is 12.8. The largest absolute Gasteiger partial charge is 0.427 e. The molecule has 2 heterocycles. The first-order valence-corrected chi connectivity index (χ1v) is 15.7. The number of hydrogen-bond acceptors (Lipinski definition) is 5. The van der Waals surface area contributed by atoms with Crippen molar-refractivity contribution >= 4 is 29.3 Å². The third-order valence-electron chi connectivity index (χ3n) is 9.12. The lowest BCUT2D eigenvalue weighted by Gasteiger charge is -2.38. The van der Waals surface area contributed by atoms with E-state index in [2.05, 4.69) is 71.3 Å². The highest BCUT2D eigenvalue weighted by Gasteiger charge is 2.37. The number of para-hydroxylation sites is 2. The lowest BCUT2D eigenvalue weighted by Crippen LogP contribution is -2.48. The fraction of sp³-hybridized carbons (Fsp3) is 0.205. The molecule has 1 aliphatic carbocycles. The zero-order valence-corrected chi connectivity index (χ0v) is 26.5. The van der Waals surface area contributed by atoms with Crippen LogP contribution in [-0.2, 0) is 4.65 Å². The van der Waals surface area contributed by atoms with E-state index in [1.165, 1.54) is 10.8 Å². The van der Waals surface area contributed by atoms with Gasteiger partial charge in [0.15, 0.2) is 11.6 Å². The van der Waals surface area contributed by atoms with Crippen LogP contribution in [0.25, 0.3) is 44.6 Å². The zero-order chi connectivity index (χ0) is 31.9. The minimum absolute atomic E-state index is 0.140. The third kappa shape index (κ3) is 5.57. The van der Waals surface area contributed by atoms with E-state index in [0.717, 1.165) is 27.6 Å². The molecule has 46 heavy (non-hydrogen) atoms. The van der Waals surface area contributed by atoms with Gasteiger partial charge in [-0.25, -0.2) is 15.0 Å². The molecule has 2 atom stereocenters. The van der Waals surface area contributed by atoms with Gasteiger partial charge in [-0.05, 0) is 39.8 Å². The van der Waals surface area contributed by atoms with Gasteiger partial charge < -0.3 is 14.3 Å². The van der Waals surface area contributed by atoms with Gasteiger partial charge in [0.2, 0.25) is 0 Å². The molecule has 7 rings (SSSR count). The predicted molar refractivity (Wildman–Crippen MR) is 186 cm³/mol. The number of rotatable bonds is 8. The van der Waals surface area contributed by atoms with Gasteiger partial charge in [0, 0.05) is 32.9 Å². The van der Waals surface area contributed by atoms with Gasteiger partial charge in [0.25, 0.3) is 0 Å². The summed E-state index contributed by atoms with van der Waals surface area (Å²) in [6.45, 7) is 7.29. The third-order valence-corrected chi connectivity index (χ3v) is 9.12. The highest BCUT2D eigenvalue weighted by Crippen LogP contribution is 2.41. The Morgan fingerprint density at radius 1 is 0.674 bits per heavy atom. The smallest absolute Gasteiger partial charge is 0.330 e. The molecule has 0 amide bonds. The molecule has 227 valence electrons. The zero-order valence-electron chi connectivity index (χ0n) is 26.5. The Morgan fingerprint density at radius 3 is 1.70 bits per heavy atom. The van der Waals surface area contributed by atoms with E-state index in [9.17, 15) is 5.11 Å². The summed E-state index contributed by atoms with van der Waals surface area (Å²) >= 11 is 0. The van der Waals surface area contributed by atoms with Gasteiger partial charge in [-0.2, -0.15) is 0 Å². The maximum absolute atomic E-state index is 10.7. The first kappa shape index (κ1) is 29.8. The highest BCUT2D eigenvalue weighted by atomic mass is 16.5. The van der Waals surface area contributed by atoms with E-state index in [4.69, 9.17) is 19.6 Å². The molecular weight excluding hydrogens is 567 g/mol. The van der Waals surface area contributed by atoms with Crippen LogP contribution in [0.3, 0.4) is 0 Å². The Labute approximate surface area is 270 Å². The monoisotopic (exact) mass is 603 g/mol. The number of hydrogen-bond donors (Lipinski definition) is 1. The minimum Gasteiger partial charge on any atom is -0.427 e. The van der Waals surface area contributed by atoms with Crippen LogP contribution < -0.4 is 0 Å². The van der Waals surface area contributed by atoms with E-state index in [-0.39, 0.29) is 12.0 Å². The van der Waals surface area contributed by atoms with Crippen molar-refractivity contribution in [1.29, 1.82) is 0 Å². The van der Waals surface area contributed by atoms with Crippen molar-refractivity contribution in [2.45, 2.75) is 50.9 Å². The molecule has 0 bridgehead atoms. The van der Waals surface area contributed by atoms with E-state index < -0.39 is 11.2 Å². The number of benzene rings is 4. The predicted octanol–water partition coefficient (Wildman–Crippen LogP) is 8.28. The average Bonchev–Trinajstić information content (AvgIpc) is 3.41. The lowest BCUT2D eigenvalue weighted by atomic mass is 9.76. The summed E-state index contributed by atoms with van der Waals surface area (Å²) in [4.78, 5) is 15.2. The van der Waals surface area contributed by atoms with E-state index >= 15 is 0 Å². The molecule has 6 aromatic rings. The topological polar surface area (TPSA) is 73.1 Å². The molecule has 0 spiro atoms. The van der Waals surface area contributed by atoms with Gasteiger partial charge in [0.1, 0.15) is 5.82 Å². The first-order valence-electron chi connectivity index (χ1n) is 15.7. The van der Waals surface area contributed by atoms with Crippen LogP contribution in [0.15, 0.2) is 133 Å². The van der Waals surface area contributed by atoms with Crippen molar-refractivity contribution in [3.63, 3.8) is 0 Å². The van der Waals surface area contributed by atoms with Crippen LogP contribution in [0.1, 0.15) is 45.5 Å². The van der Waals surface area contributed by atoms with E-state index in [1.54, 1.807) is 21.3 Å². The summed E-state index contributed by atoms with van der Waals surface area (Å²) in [6, 6.07) is 37.0. The van der Waals surface area contributed by atoms with Gasteiger partial charge in [-0.1, -0.05) is 121 Å². The maximum atomic E-state index is 10.7. The molecule has 1 aliphatic rings. The van der Waals surface area contributed by atoms with Gasteiger partial charge in [-0.3, -0.25) is 0 Å². The Hall–Kier alpha value is -4.85. The van der Waals surface area contributed by atoms with Crippen LogP contribution >= 0.6 is 0 Å². The number of aliphatic hydroxyl groups is 1. The normalized spacial score (nSPS) is 16.9. The Kier molecular flexibility index (Phi) is 7.67. The summed E-state index contributed by atoms with van der Waals surface area (Å²) in [6.07, 6.45) is 6.47. The van der Waals surface area contributed by atoms with Gasteiger partial charge in [-0.15, -0.1) is 0 Å². The number of nitrogens with zero attached hydrogens (tertiary/aromatic N) is 4. The molecule has 1 N–H and O–H groups in total. The van der Waals surface area contributed by atoms with Crippen molar-refractivity contribution in [3.05, 3.63) is 139 Å². The molecule has 1 radical (unpaired) electrons. The van der Waals surface area contributed by atoms with Crippen LogP contribution in [-0.4, -0.2) is 43.3 Å². The maximum Gasteiger partial charge on any atom is 0.330 e. The van der Waals surface area contributed by atoms with E-state index in [0.29, 0.717) is 17.5 Å². The number of fused-ring (bicyclic) bond motifs is 3. The molecular formula is C39H36BN4O2. The van der Waals surface area contributed by atoms with Crippen molar-refractivity contribution in [3.8, 4) is 22.8 Å². The summed E-state index contributed by atoms with van der Waals surface area (Å²) < 4.78 is 8.61. The van der Waals surface area contributed by atoms with Crippen molar-refractivity contribution in [2.24, 2.45) is 0 Å². The second kappa shape index (κ2) is 11.8. The standard InChI is InChI=1S/C39H36BN4O2/c1-38(2,45)39(3,4)46-40-28-23-24-34(44-32-21-13-11-19-29(32)30-20-12-14-22-33(30)44)31(25-28)37-42-35(26-15-7-5-8-16-26)41-36(43-37)27-17-9-6-10-18-27/h5-25,31,34,45H,1-4H3. The first-order chi connectivity index (χ1) is 22.2. The van der Waals surface area contributed by atoms with Crippen LogP contribution in [0.4, 0.5) is 0 Å². The minimum atomic E-state index is -1.04. The summed E-state index contributed by atoms with van der Waals surface area (Å²) in [7, 11) is 1.74. The highest BCUT2D eigenvalue weighted by molar-refractivity contribution is 6.39. The van der Waals surface area contributed by atoms with Crippen molar-refractivity contribution in [2.75, 3.05) is 0 Å². The second-order valence-corrected chi connectivity index (χ2v) is 12.8. The quantitative estimate of drug-likeness (QED) is 0.177. The van der Waals surface area contributed by atoms with Crippen LogP contribution in [0.5, 0.6) is 0 Å². The fourth-order valence-corrected chi connectivity index (χ4v) is 5.85. The molecule has 2 unspecified atom stereocenters. The molecule has 0 fully saturated rings. The molecule has 0 saturated heterocycles. The molecule has 0 saturated carbocycles. The van der Waals surface area contributed by atoms with Crippen molar-refractivity contribution < 1.29 is 9.76 Å². The van der Waals surface area contributed by atoms with Crippen LogP contribution in [0, 0.1) is 0 Å². The van der Waals surface area contributed by atoms with E-state index in [1.807, 2.05) is 74.5 Å². The fourth-order valence-electron chi connectivity index (χ4n) is 5.85. The summed E-state index contributed by atoms with van der Waals surface area (Å²) in [5, 5.41) is 13.1. The molecule has 0 aliphatic heterocycles. The molecule has 4 aromatic carbocycles. The van der Waals surface area contributed by atoms with Crippen LogP contribution in [0.2, 0.25) is 0 Å². The lowest BCUT2D eigenvalue weighted by molar-refractivity contribution is -0.0896. The van der Waals surface area contributed by atoms with Gasteiger partial charge >= 0.3 is 7.48 Å². The SMILES string of the molecule is CC(C)(O)C(C)(C)O[B]C1=CC(c2nc(-c3ccccc3)nc(-c3ccccc3)n2)C(n2c3ccccc3c3ccccc32)C=C1. The molecule has 7 heteroatoms. The molecule has 2 aromatic heterocycles. The Morgan fingerprint density at radius 2 is 1.17 bits per heavy atom. The Balaban J connectivity index is 1.42. The van der Waals surface area contributed by atoms with Crippen molar-refractivity contribution in [1.82, 2.24) is 19.5 Å². The van der Waals surface area contributed by atoms with Gasteiger partial charge in [0.05, 0.1) is 23.2 Å². The summed E-state index contributed by atoms with van der Waals surface area (Å²) in [5.74, 6) is 1.64. The Bertz CT molecular complexity index is 1970.